The van der Waals surface area contributed by atoms with E-state index in [0.29, 0.717) is 32.5 Å². The molecule has 1 aromatic carbocycles. The van der Waals surface area contributed by atoms with Crippen molar-refractivity contribution in [3.63, 3.8) is 0 Å². The molecule has 0 radical (unpaired) electrons. The van der Waals surface area contributed by atoms with E-state index < -0.39 is 0 Å². The Hall–Kier alpha value is -2.44. The number of amides is 3. The first kappa shape index (κ1) is 18.9. The standard InChI is InChI=1S/C18H27N3O4/c1-4-24-18(23)21-10-8-15(9-11-21)20-17(22)19-12-25-16-7-5-6-13(2)14(16)3/h5-7,15H,4,8-12H2,1-3H3,(H2,19,20,22). The summed E-state index contributed by atoms with van der Waals surface area (Å²) >= 11 is 0. The zero-order valence-corrected chi connectivity index (χ0v) is 15.1. The van der Waals surface area contributed by atoms with Gasteiger partial charge in [-0.15, -0.1) is 0 Å². The molecular formula is C18H27N3O4. The first-order valence-corrected chi connectivity index (χ1v) is 8.66. The smallest absolute Gasteiger partial charge is 0.409 e. The van der Waals surface area contributed by atoms with Crippen LogP contribution in [-0.4, -0.2) is 49.5 Å². The van der Waals surface area contributed by atoms with Crippen molar-refractivity contribution in [2.45, 2.75) is 39.7 Å². The van der Waals surface area contributed by atoms with Crippen LogP contribution in [0.15, 0.2) is 18.2 Å². The molecule has 1 saturated heterocycles. The molecule has 1 fully saturated rings. The molecule has 0 unspecified atom stereocenters. The number of nitrogens with zero attached hydrogens (tertiary/aromatic N) is 1. The zero-order chi connectivity index (χ0) is 18.2. The third-order valence-electron chi connectivity index (χ3n) is 4.37. The molecule has 0 aromatic heterocycles. The Balaban J connectivity index is 1.68. The average molecular weight is 349 g/mol. The molecule has 1 heterocycles. The van der Waals surface area contributed by atoms with Gasteiger partial charge in [0.2, 0.25) is 0 Å². The van der Waals surface area contributed by atoms with E-state index in [1.165, 1.54) is 0 Å². The van der Waals surface area contributed by atoms with E-state index in [-0.39, 0.29) is 24.9 Å². The Morgan fingerprint density at radius 2 is 1.96 bits per heavy atom. The number of carbonyl (C=O) groups is 2. The van der Waals surface area contributed by atoms with Crippen LogP contribution < -0.4 is 15.4 Å². The topological polar surface area (TPSA) is 79.9 Å². The van der Waals surface area contributed by atoms with Crippen molar-refractivity contribution in [1.82, 2.24) is 15.5 Å². The van der Waals surface area contributed by atoms with Gasteiger partial charge >= 0.3 is 12.1 Å². The van der Waals surface area contributed by atoms with Crippen molar-refractivity contribution >= 4 is 12.1 Å². The van der Waals surface area contributed by atoms with Crippen LogP contribution >= 0.6 is 0 Å². The monoisotopic (exact) mass is 349 g/mol. The molecule has 7 heteroatoms. The maximum absolute atomic E-state index is 12.0. The minimum Gasteiger partial charge on any atom is -0.473 e. The Labute approximate surface area is 148 Å². The van der Waals surface area contributed by atoms with Gasteiger partial charge in [-0.25, -0.2) is 9.59 Å². The summed E-state index contributed by atoms with van der Waals surface area (Å²) in [6.45, 7) is 7.45. The van der Waals surface area contributed by atoms with Gasteiger partial charge in [0.1, 0.15) is 5.75 Å². The number of aryl methyl sites for hydroxylation is 1. The van der Waals surface area contributed by atoms with Crippen LogP contribution in [0.2, 0.25) is 0 Å². The average Bonchev–Trinajstić information content (AvgIpc) is 2.59. The summed E-state index contributed by atoms with van der Waals surface area (Å²) < 4.78 is 10.6. The van der Waals surface area contributed by atoms with Crippen LogP contribution in [-0.2, 0) is 4.74 Å². The number of carbonyl (C=O) groups excluding carboxylic acids is 2. The first-order chi connectivity index (χ1) is 12.0. The Morgan fingerprint density at radius 3 is 2.64 bits per heavy atom. The number of benzene rings is 1. The molecule has 0 saturated carbocycles. The fraction of sp³-hybridized carbons (Fsp3) is 0.556. The number of ether oxygens (including phenoxy) is 2. The lowest BCUT2D eigenvalue weighted by atomic mass is 10.1. The van der Waals surface area contributed by atoms with Crippen molar-refractivity contribution in [3.05, 3.63) is 29.3 Å². The maximum atomic E-state index is 12.0. The molecule has 1 aliphatic rings. The number of hydrogen-bond acceptors (Lipinski definition) is 4. The molecule has 138 valence electrons. The van der Waals surface area contributed by atoms with Gasteiger partial charge in [0, 0.05) is 19.1 Å². The predicted molar refractivity (Wildman–Crippen MR) is 94.7 cm³/mol. The van der Waals surface area contributed by atoms with Crippen LogP contribution in [0.5, 0.6) is 5.75 Å². The van der Waals surface area contributed by atoms with Crippen LogP contribution in [0.4, 0.5) is 9.59 Å². The number of nitrogens with one attached hydrogen (secondary N) is 2. The first-order valence-electron chi connectivity index (χ1n) is 8.66. The fourth-order valence-corrected chi connectivity index (χ4v) is 2.72. The van der Waals surface area contributed by atoms with E-state index >= 15 is 0 Å². The molecule has 0 bridgehead atoms. The number of likely N-dealkylation sites (tertiary alicyclic amines) is 1. The van der Waals surface area contributed by atoms with Crippen molar-refractivity contribution in [1.29, 1.82) is 0 Å². The second-order valence-electron chi connectivity index (χ2n) is 6.10. The molecule has 0 spiro atoms. The van der Waals surface area contributed by atoms with Gasteiger partial charge in [0.15, 0.2) is 6.73 Å². The SMILES string of the molecule is CCOC(=O)N1CCC(NC(=O)NCOc2cccc(C)c2C)CC1. The van der Waals surface area contributed by atoms with Gasteiger partial charge in [-0.1, -0.05) is 12.1 Å². The van der Waals surface area contributed by atoms with Gasteiger partial charge in [-0.05, 0) is 50.8 Å². The Kier molecular flexibility index (Phi) is 6.91. The third-order valence-corrected chi connectivity index (χ3v) is 4.37. The molecule has 1 aliphatic heterocycles. The number of piperidine rings is 1. The minimum absolute atomic E-state index is 0.0476. The lowest BCUT2D eigenvalue weighted by molar-refractivity contribution is 0.0956. The van der Waals surface area contributed by atoms with E-state index in [1.807, 2.05) is 32.0 Å². The van der Waals surface area contributed by atoms with Crippen LogP contribution in [0.1, 0.15) is 30.9 Å². The van der Waals surface area contributed by atoms with E-state index in [1.54, 1.807) is 11.8 Å². The summed E-state index contributed by atoms with van der Waals surface area (Å²) in [6, 6.07) is 5.61. The summed E-state index contributed by atoms with van der Waals surface area (Å²) in [5.41, 5.74) is 2.21. The summed E-state index contributed by atoms with van der Waals surface area (Å²) in [5.74, 6) is 0.767. The lowest BCUT2D eigenvalue weighted by Gasteiger charge is -2.31. The Morgan fingerprint density at radius 1 is 1.24 bits per heavy atom. The van der Waals surface area contributed by atoms with Gasteiger partial charge in [0.25, 0.3) is 0 Å². The Bertz CT molecular complexity index is 598. The summed E-state index contributed by atoms with van der Waals surface area (Å²) in [6.07, 6.45) is 1.14. The highest BCUT2D eigenvalue weighted by Crippen LogP contribution is 2.20. The van der Waals surface area contributed by atoms with E-state index in [2.05, 4.69) is 10.6 Å². The highest BCUT2D eigenvalue weighted by molar-refractivity contribution is 5.74. The normalized spacial score (nSPS) is 14.8. The van der Waals surface area contributed by atoms with E-state index in [9.17, 15) is 9.59 Å². The largest absolute Gasteiger partial charge is 0.473 e. The van der Waals surface area contributed by atoms with Crippen molar-refractivity contribution in [2.75, 3.05) is 26.4 Å². The van der Waals surface area contributed by atoms with Crippen LogP contribution in [0.3, 0.4) is 0 Å². The quantitative estimate of drug-likeness (QED) is 0.801. The molecule has 0 aliphatic carbocycles. The van der Waals surface area contributed by atoms with Crippen molar-refractivity contribution in [2.24, 2.45) is 0 Å². The highest BCUT2D eigenvalue weighted by Gasteiger charge is 2.24. The van der Waals surface area contributed by atoms with Gasteiger partial charge in [-0.3, -0.25) is 0 Å². The van der Waals surface area contributed by atoms with Crippen LogP contribution in [0.25, 0.3) is 0 Å². The summed E-state index contributed by atoms with van der Waals surface area (Å²) in [5, 5.41) is 5.62. The molecule has 1 aromatic rings. The minimum atomic E-state index is -0.285. The highest BCUT2D eigenvalue weighted by atomic mass is 16.6. The number of hydrogen-bond donors (Lipinski definition) is 2. The summed E-state index contributed by atoms with van der Waals surface area (Å²) in [4.78, 5) is 25.3. The summed E-state index contributed by atoms with van der Waals surface area (Å²) in [7, 11) is 0. The molecular weight excluding hydrogens is 322 g/mol. The molecule has 2 rings (SSSR count). The fourth-order valence-electron chi connectivity index (χ4n) is 2.72. The van der Waals surface area contributed by atoms with E-state index in [0.717, 1.165) is 16.9 Å². The van der Waals surface area contributed by atoms with Crippen molar-refractivity contribution in [3.8, 4) is 5.75 Å². The predicted octanol–water partition coefficient (Wildman–Crippen LogP) is 2.56. The van der Waals surface area contributed by atoms with Gasteiger partial charge < -0.3 is 25.0 Å². The lowest BCUT2D eigenvalue weighted by Crippen LogP contribution is -2.49. The van der Waals surface area contributed by atoms with Crippen molar-refractivity contribution < 1.29 is 19.1 Å². The van der Waals surface area contributed by atoms with Gasteiger partial charge in [0.05, 0.1) is 6.61 Å². The molecule has 25 heavy (non-hydrogen) atoms. The number of urea groups is 1. The van der Waals surface area contributed by atoms with Crippen LogP contribution in [0, 0.1) is 13.8 Å². The second kappa shape index (κ2) is 9.15. The molecule has 7 nitrogen and oxygen atoms in total. The number of rotatable bonds is 5. The maximum Gasteiger partial charge on any atom is 0.409 e. The zero-order valence-electron chi connectivity index (χ0n) is 15.1. The van der Waals surface area contributed by atoms with E-state index in [4.69, 9.17) is 9.47 Å². The molecule has 0 atom stereocenters. The molecule has 3 amide bonds. The van der Waals surface area contributed by atoms with Gasteiger partial charge in [-0.2, -0.15) is 0 Å². The third kappa shape index (κ3) is 5.55. The molecule has 2 N–H and O–H groups in total. The second-order valence-corrected chi connectivity index (χ2v) is 6.10.